The van der Waals surface area contributed by atoms with Crippen LogP contribution in [0.25, 0.3) is 0 Å². The van der Waals surface area contributed by atoms with Crippen LogP contribution in [0.4, 0.5) is 0 Å². The molecular weight excluding hydrogens is 246 g/mol. The van der Waals surface area contributed by atoms with E-state index in [1.165, 1.54) is 16.7 Å². The largest absolute Gasteiger partial charge is 0.313 e. The molecule has 20 heavy (non-hydrogen) atoms. The highest BCUT2D eigenvalue weighted by atomic mass is 15.0. The average Bonchev–Trinajstić information content (AvgIpc) is 2.71. The molecule has 0 radical (unpaired) electrons. The van der Waals surface area contributed by atoms with Gasteiger partial charge < -0.3 is 10.6 Å². The van der Waals surface area contributed by atoms with Crippen molar-refractivity contribution in [3.63, 3.8) is 0 Å². The van der Waals surface area contributed by atoms with E-state index >= 15 is 0 Å². The molecule has 2 heterocycles. The van der Waals surface area contributed by atoms with Crippen molar-refractivity contribution in [1.29, 1.82) is 0 Å². The molecule has 1 aliphatic heterocycles. The zero-order chi connectivity index (χ0) is 13.8. The van der Waals surface area contributed by atoms with E-state index in [-0.39, 0.29) is 0 Å². The predicted octanol–water partition coefficient (Wildman–Crippen LogP) is 2.97. The molecule has 3 rings (SSSR count). The maximum Gasteiger partial charge on any atom is 0.0341 e. The average molecular weight is 267 g/mol. The van der Waals surface area contributed by atoms with Crippen LogP contribution in [0.2, 0.25) is 0 Å². The SMILES string of the molecule is C[C@@H](NC1CCNCc2ccccc21)c1cccnc1. The van der Waals surface area contributed by atoms with Crippen molar-refractivity contribution in [2.75, 3.05) is 6.54 Å². The third kappa shape index (κ3) is 2.89. The third-order valence-corrected chi connectivity index (χ3v) is 3.99. The highest BCUT2D eigenvalue weighted by molar-refractivity contribution is 5.31. The smallest absolute Gasteiger partial charge is 0.0341 e. The van der Waals surface area contributed by atoms with Crippen LogP contribution >= 0.6 is 0 Å². The summed E-state index contributed by atoms with van der Waals surface area (Å²) in [7, 11) is 0. The van der Waals surface area contributed by atoms with Crippen molar-refractivity contribution in [3.8, 4) is 0 Å². The standard InChI is InChI=1S/C17H21N3/c1-13(14-6-4-9-18-11-14)20-17-8-10-19-12-15-5-2-3-7-16(15)17/h2-7,9,11,13,17,19-20H,8,10,12H2,1H3/t13-,17?/m1/s1. The lowest BCUT2D eigenvalue weighted by Crippen LogP contribution is -2.26. The van der Waals surface area contributed by atoms with Gasteiger partial charge in [0.15, 0.2) is 0 Å². The van der Waals surface area contributed by atoms with E-state index in [0.717, 1.165) is 19.5 Å². The Kier molecular flexibility index (Phi) is 4.09. The fourth-order valence-corrected chi connectivity index (χ4v) is 2.86. The molecule has 0 amide bonds. The van der Waals surface area contributed by atoms with Gasteiger partial charge in [-0.05, 0) is 42.6 Å². The van der Waals surface area contributed by atoms with Gasteiger partial charge in [-0.2, -0.15) is 0 Å². The van der Waals surface area contributed by atoms with Crippen LogP contribution in [0.15, 0.2) is 48.8 Å². The van der Waals surface area contributed by atoms with Gasteiger partial charge in [-0.25, -0.2) is 0 Å². The van der Waals surface area contributed by atoms with Crippen molar-refractivity contribution < 1.29 is 0 Å². The summed E-state index contributed by atoms with van der Waals surface area (Å²) in [6.07, 6.45) is 4.88. The fourth-order valence-electron chi connectivity index (χ4n) is 2.86. The van der Waals surface area contributed by atoms with Gasteiger partial charge >= 0.3 is 0 Å². The summed E-state index contributed by atoms with van der Waals surface area (Å²) in [6, 6.07) is 13.5. The first-order chi connectivity index (χ1) is 9.84. The van der Waals surface area contributed by atoms with Crippen LogP contribution in [-0.4, -0.2) is 11.5 Å². The molecule has 1 aromatic heterocycles. The van der Waals surface area contributed by atoms with Gasteiger partial charge in [0.1, 0.15) is 0 Å². The number of benzene rings is 1. The summed E-state index contributed by atoms with van der Waals surface area (Å²) in [5.74, 6) is 0. The Labute approximate surface area is 120 Å². The molecule has 1 aliphatic rings. The first kappa shape index (κ1) is 13.3. The minimum Gasteiger partial charge on any atom is -0.313 e. The second kappa shape index (κ2) is 6.16. The van der Waals surface area contributed by atoms with E-state index in [2.05, 4.69) is 52.9 Å². The number of pyridine rings is 1. The van der Waals surface area contributed by atoms with Crippen LogP contribution in [0.1, 0.15) is 42.1 Å². The Morgan fingerprint density at radius 1 is 1.25 bits per heavy atom. The molecule has 0 aliphatic carbocycles. The van der Waals surface area contributed by atoms with Crippen LogP contribution in [0.5, 0.6) is 0 Å². The van der Waals surface area contributed by atoms with Gasteiger partial charge in [-0.1, -0.05) is 30.3 Å². The van der Waals surface area contributed by atoms with E-state index in [9.17, 15) is 0 Å². The Hall–Kier alpha value is -1.71. The number of rotatable bonds is 3. The quantitative estimate of drug-likeness (QED) is 0.897. The monoisotopic (exact) mass is 267 g/mol. The van der Waals surface area contributed by atoms with E-state index in [1.807, 2.05) is 18.5 Å². The molecule has 2 aromatic rings. The van der Waals surface area contributed by atoms with E-state index in [0.29, 0.717) is 12.1 Å². The minimum atomic E-state index is 0.305. The topological polar surface area (TPSA) is 37.0 Å². The highest BCUT2D eigenvalue weighted by Gasteiger charge is 2.20. The van der Waals surface area contributed by atoms with Gasteiger partial charge in [0.25, 0.3) is 0 Å². The van der Waals surface area contributed by atoms with E-state index < -0.39 is 0 Å². The molecular formula is C17H21N3. The molecule has 0 bridgehead atoms. The van der Waals surface area contributed by atoms with Crippen molar-refractivity contribution in [1.82, 2.24) is 15.6 Å². The van der Waals surface area contributed by atoms with Crippen LogP contribution in [0, 0.1) is 0 Å². The van der Waals surface area contributed by atoms with E-state index in [4.69, 9.17) is 0 Å². The number of fused-ring (bicyclic) bond motifs is 1. The number of nitrogens with one attached hydrogen (secondary N) is 2. The molecule has 3 heteroatoms. The van der Waals surface area contributed by atoms with Gasteiger partial charge in [-0.3, -0.25) is 4.98 Å². The molecule has 1 unspecified atom stereocenters. The van der Waals surface area contributed by atoms with Crippen molar-refractivity contribution in [2.24, 2.45) is 0 Å². The second-order valence-electron chi connectivity index (χ2n) is 5.39. The van der Waals surface area contributed by atoms with Gasteiger partial charge in [0.05, 0.1) is 0 Å². The zero-order valence-corrected chi connectivity index (χ0v) is 11.8. The van der Waals surface area contributed by atoms with Gasteiger partial charge in [0.2, 0.25) is 0 Å². The number of nitrogens with zero attached hydrogens (tertiary/aromatic N) is 1. The third-order valence-electron chi connectivity index (χ3n) is 3.99. The first-order valence-corrected chi connectivity index (χ1v) is 7.29. The highest BCUT2D eigenvalue weighted by Crippen LogP contribution is 2.26. The summed E-state index contributed by atoms with van der Waals surface area (Å²) in [5, 5.41) is 7.25. The summed E-state index contributed by atoms with van der Waals surface area (Å²) in [4.78, 5) is 4.21. The summed E-state index contributed by atoms with van der Waals surface area (Å²) in [5.41, 5.74) is 4.07. The second-order valence-corrected chi connectivity index (χ2v) is 5.39. The van der Waals surface area contributed by atoms with Crippen LogP contribution in [0.3, 0.4) is 0 Å². The molecule has 0 saturated carbocycles. The normalized spacial score (nSPS) is 19.9. The lowest BCUT2D eigenvalue weighted by Gasteiger charge is -2.24. The van der Waals surface area contributed by atoms with Crippen molar-refractivity contribution in [3.05, 3.63) is 65.5 Å². The van der Waals surface area contributed by atoms with Crippen LogP contribution in [-0.2, 0) is 6.54 Å². The zero-order valence-electron chi connectivity index (χ0n) is 11.8. The fraction of sp³-hybridized carbons (Fsp3) is 0.353. The number of hydrogen-bond acceptors (Lipinski definition) is 3. The van der Waals surface area contributed by atoms with E-state index in [1.54, 1.807) is 0 Å². The van der Waals surface area contributed by atoms with Gasteiger partial charge in [0, 0.05) is 31.0 Å². The Morgan fingerprint density at radius 2 is 2.15 bits per heavy atom. The summed E-state index contributed by atoms with van der Waals surface area (Å²) < 4.78 is 0. The Morgan fingerprint density at radius 3 is 3.00 bits per heavy atom. The summed E-state index contributed by atoms with van der Waals surface area (Å²) >= 11 is 0. The Bertz CT molecular complexity index is 553. The first-order valence-electron chi connectivity index (χ1n) is 7.29. The molecule has 0 fully saturated rings. The molecule has 3 nitrogen and oxygen atoms in total. The van der Waals surface area contributed by atoms with Crippen LogP contribution < -0.4 is 10.6 Å². The molecule has 1 aromatic carbocycles. The number of aromatic nitrogens is 1. The molecule has 0 saturated heterocycles. The van der Waals surface area contributed by atoms with Gasteiger partial charge in [-0.15, -0.1) is 0 Å². The lowest BCUT2D eigenvalue weighted by atomic mass is 9.98. The lowest BCUT2D eigenvalue weighted by molar-refractivity contribution is 0.442. The Balaban J connectivity index is 1.80. The molecule has 104 valence electrons. The minimum absolute atomic E-state index is 0.305. The molecule has 0 spiro atoms. The number of hydrogen-bond donors (Lipinski definition) is 2. The maximum absolute atomic E-state index is 4.21. The van der Waals surface area contributed by atoms with Crippen molar-refractivity contribution >= 4 is 0 Å². The maximum atomic E-state index is 4.21. The summed E-state index contributed by atoms with van der Waals surface area (Å²) in [6.45, 7) is 4.22. The molecule has 2 N–H and O–H groups in total. The predicted molar refractivity (Wildman–Crippen MR) is 81.3 cm³/mol. The van der Waals surface area contributed by atoms with Crippen molar-refractivity contribution in [2.45, 2.75) is 32.0 Å². The molecule has 2 atom stereocenters.